The number of carbonyl (C=O) groups is 2. The van der Waals surface area contributed by atoms with Gasteiger partial charge in [0.15, 0.2) is 0 Å². The summed E-state index contributed by atoms with van der Waals surface area (Å²) in [6.07, 6.45) is 75.5. The van der Waals surface area contributed by atoms with Crippen molar-refractivity contribution < 1.29 is 37.3 Å². The first-order valence-corrected chi connectivity index (χ1v) is 36.8. The Hall–Kier alpha value is -1.77. The minimum atomic E-state index is -4.70. The van der Waals surface area contributed by atoms with Crippen LogP contribution in [0.3, 0.4) is 0 Å². The number of amides is 1. The van der Waals surface area contributed by atoms with Gasteiger partial charge in [0.1, 0.15) is 19.3 Å². The number of rotatable bonds is 65. The summed E-state index contributed by atoms with van der Waals surface area (Å²) in [4.78, 5) is 40.2. The van der Waals surface area contributed by atoms with Gasteiger partial charge in [0.2, 0.25) is 5.91 Å². The number of likely N-dealkylation sites (N-methyl/N-ethyl adjacent to an activating group) is 1. The van der Waals surface area contributed by atoms with Gasteiger partial charge in [-0.1, -0.05) is 295 Å². The second kappa shape index (κ2) is 61.3. The molecule has 0 fully saturated rings. The molecule has 478 valence electrons. The standard InChI is InChI=1S/C71H137N2O7P/c1-7-10-13-16-19-22-25-28-30-32-34-35-36-37-39-41-43-46-49-52-55-58-61-64-71(75)80-69(62-59-56-53-50-47-44-27-24-21-18-15-12-9-3)68(67-79-81(76,77)78-66-65-73(4,5)6)72-70(74)63-60-57-54-51-48-45-42-40-38-33-31-29-26-23-20-17-14-11-8-2/h28-31,59,62,68-69H,7-27,32-58,60-61,63-67H2,1-6H3,(H-,72,74,76,77)/b30-28+,31-29+,62-59+. The highest BCUT2D eigenvalue weighted by Crippen LogP contribution is 2.38. The second-order valence-corrected chi connectivity index (χ2v) is 26.8. The number of phosphoric ester groups is 1. The van der Waals surface area contributed by atoms with Crippen LogP contribution in [0, 0.1) is 0 Å². The van der Waals surface area contributed by atoms with Crippen LogP contribution in [0.1, 0.15) is 355 Å². The van der Waals surface area contributed by atoms with E-state index in [4.69, 9.17) is 13.8 Å². The lowest BCUT2D eigenvalue weighted by molar-refractivity contribution is -0.870. The van der Waals surface area contributed by atoms with Gasteiger partial charge >= 0.3 is 5.97 Å². The number of carbonyl (C=O) groups excluding carboxylic acids is 2. The summed E-state index contributed by atoms with van der Waals surface area (Å²) in [5, 5.41) is 3.05. The maximum Gasteiger partial charge on any atom is 0.306 e. The summed E-state index contributed by atoms with van der Waals surface area (Å²) in [5.41, 5.74) is 0. The monoisotopic (exact) mass is 1160 g/mol. The van der Waals surface area contributed by atoms with Gasteiger partial charge in [-0.05, 0) is 83.1 Å². The highest BCUT2D eigenvalue weighted by atomic mass is 31.2. The summed E-state index contributed by atoms with van der Waals surface area (Å²) in [5.74, 6) is -0.525. The number of ether oxygens (including phenoxy) is 1. The molecule has 10 heteroatoms. The first kappa shape index (κ1) is 79.2. The van der Waals surface area contributed by atoms with Crippen molar-refractivity contribution in [2.24, 2.45) is 0 Å². The van der Waals surface area contributed by atoms with Crippen LogP contribution in [-0.2, 0) is 27.9 Å². The Kier molecular flexibility index (Phi) is 60.0. The topological polar surface area (TPSA) is 114 Å². The van der Waals surface area contributed by atoms with Gasteiger partial charge in [-0.3, -0.25) is 14.2 Å². The summed E-state index contributed by atoms with van der Waals surface area (Å²) in [6, 6.07) is -0.887. The molecule has 0 aromatic rings. The Balaban J connectivity index is 5.10. The second-order valence-electron chi connectivity index (χ2n) is 25.4. The minimum Gasteiger partial charge on any atom is -0.756 e. The summed E-state index contributed by atoms with van der Waals surface area (Å²) >= 11 is 0. The third kappa shape index (κ3) is 62.6. The quantitative estimate of drug-likeness (QED) is 0.0212. The molecule has 0 radical (unpaired) electrons. The number of esters is 1. The predicted octanol–water partition coefficient (Wildman–Crippen LogP) is 21.6. The highest BCUT2D eigenvalue weighted by molar-refractivity contribution is 7.45. The molecule has 0 heterocycles. The number of hydrogen-bond acceptors (Lipinski definition) is 7. The van der Waals surface area contributed by atoms with Gasteiger partial charge in [-0.2, -0.15) is 0 Å². The fraction of sp³-hybridized carbons (Fsp3) is 0.887. The maximum absolute atomic E-state index is 13.6. The van der Waals surface area contributed by atoms with Crippen LogP contribution in [0.15, 0.2) is 36.5 Å². The van der Waals surface area contributed by atoms with Crippen molar-refractivity contribution in [2.75, 3.05) is 40.9 Å². The van der Waals surface area contributed by atoms with Gasteiger partial charge in [-0.15, -0.1) is 0 Å². The van der Waals surface area contributed by atoms with Gasteiger partial charge in [0.25, 0.3) is 7.82 Å². The Bertz CT molecular complexity index is 1480. The molecular weight excluding hydrogens is 1020 g/mol. The molecule has 3 atom stereocenters. The summed E-state index contributed by atoms with van der Waals surface area (Å²) < 4.78 is 30.5. The third-order valence-corrected chi connectivity index (χ3v) is 17.0. The van der Waals surface area contributed by atoms with E-state index in [1.165, 1.54) is 263 Å². The van der Waals surface area contributed by atoms with E-state index in [0.717, 1.165) is 57.8 Å². The number of phosphoric acid groups is 1. The SMILES string of the molecule is CCCCCCCC/C=C/CCCCCCCCCCCCCCCC(=O)OC(/C=C/CCCCCCCCCCCCC)C(COP(=O)([O-])OCC[N+](C)(C)C)NC(=O)CCCCCCCCCCC/C=C/CCCCCCCC. The van der Waals surface area contributed by atoms with E-state index >= 15 is 0 Å². The zero-order chi connectivity index (χ0) is 59.3. The number of hydrogen-bond donors (Lipinski definition) is 1. The van der Waals surface area contributed by atoms with Gasteiger partial charge in [-0.25, -0.2) is 0 Å². The molecule has 0 aliphatic carbocycles. The minimum absolute atomic E-state index is 0.0202. The number of unbranched alkanes of at least 4 members (excludes halogenated alkanes) is 45. The summed E-state index contributed by atoms with van der Waals surface area (Å²) in [7, 11) is 1.20. The molecule has 0 aliphatic rings. The van der Waals surface area contributed by atoms with E-state index in [1.54, 1.807) is 0 Å². The lowest BCUT2D eigenvalue weighted by atomic mass is 10.0. The first-order valence-electron chi connectivity index (χ1n) is 35.3. The van der Waals surface area contributed by atoms with Crippen molar-refractivity contribution in [1.29, 1.82) is 0 Å². The van der Waals surface area contributed by atoms with Crippen LogP contribution < -0.4 is 10.2 Å². The molecule has 81 heavy (non-hydrogen) atoms. The molecule has 1 N–H and O–H groups in total. The zero-order valence-electron chi connectivity index (χ0n) is 54.8. The molecule has 0 aromatic carbocycles. The lowest BCUT2D eigenvalue weighted by Gasteiger charge is -2.30. The van der Waals surface area contributed by atoms with Crippen LogP contribution >= 0.6 is 7.82 Å². The van der Waals surface area contributed by atoms with Crippen LogP contribution in [0.4, 0.5) is 0 Å². The average molecular weight is 1160 g/mol. The number of quaternary nitrogens is 1. The van der Waals surface area contributed by atoms with E-state index in [0.29, 0.717) is 17.4 Å². The van der Waals surface area contributed by atoms with Gasteiger partial charge in [0.05, 0.1) is 33.8 Å². The highest BCUT2D eigenvalue weighted by Gasteiger charge is 2.27. The number of allylic oxidation sites excluding steroid dienone is 5. The molecule has 0 aliphatic heterocycles. The predicted molar refractivity (Wildman–Crippen MR) is 349 cm³/mol. The van der Waals surface area contributed by atoms with E-state index < -0.39 is 20.0 Å². The molecular formula is C71H137N2O7P. The summed E-state index contributed by atoms with van der Waals surface area (Å²) in [6.45, 7) is 6.89. The molecule has 3 unspecified atom stereocenters. The molecule has 1 amide bonds. The first-order chi connectivity index (χ1) is 39.4. The van der Waals surface area contributed by atoms with Crippen molar-refractivity contribution in [3.8, 4) is 0 Å². The van der Waals surface area contributed by atoms with E-state index in [2.05, 4.69) is 50.4 Å². The Morgan fingerprint density at radius 2 is 0.716 bits per heavy atom. The van der Waals surface area contributed by atoms with Crippen molar-refractivity contribution in [3.63, 3.8) is 0 Å². The molecule has 9 nitrogen and oxygen atoms in total. The Morgan fingerprint density at radius 1 is 0.420 bits per heavy atom. The van der Waals surface area contributed by atoms with Gasteiger partial charge < -0.3 is 28.5 Å². The molecule has 0 rings (SSSR count). The van der Waals surface area contributed by atoms with Crippen molar-refractivity contribution in [1.82, 2.24) is 5.32 Å². The average Bonchev–Trinajstić information content (AvgIpc) is 3.44. The van der Waals surface area contributed by atoms with Crippen LogP contribution in [-0.4, -0.2) is 69.4 Å². The van der Waals surface area contributed by atoms with Crippen molar-refractivity contribution >= 4 is 19.7 Å². The van der Waals surface area contributed by atoms with Crippen molar-refractivity contribution in [3.05, 3.63) is 36.5 Å². The van der Waals surface area contributed by atoms with E-state index in [1.807, 2.05) is 33.3 Å². The van der Waals surface area contributed by atoms with Gasteiger partial charge in [0, 0.05) is 12.8 Å². The molecule has 0 saturated carbocycles. The fourth-order valence-electron chi connectivity index (χ4n) is 10.6. The number of nitrogens with one attached hydrogen (secondary N) is 1. The van der Waals surface area contributed by atoms with Crippen LogP contribution in [0.2, 0.25) is 0 Å². The zero-order valence-corrected chi connectivity index (χ0v) is 55.7. The normalized spacial score (nSPS) is 13.7. The fourth-order valence-corrected chi connectivity index (χ4v) is 11.3. The number of nitrogens with zero attached hydrogens (tertiary/aromatic N) is 1. The Labute approximate surface area is 504 Å². The Morgan fingerprint density at radius 3 is 1.05 bits per heavy atom. The van der Waals surface area contributed by atoms with E-state index in [-0.39, 0.29) is 31.5 Å². The van der Waals surface area contributed by atoms with E-state index in [9.17, 15) is 19.0 Å². The molecule has 0 saturated heterocycles. The molecule has 0 aromatic heterocycles. The van der Waals surface area contributed by atoms with Crippen molar-refractivity contribution in [2.45, 2.75) is 367 Å². The molecule has 0 bridgehead atoms. The molecule has 0 spiro atoms. The lowest BCUT2D eigenvalue weighted by Crippen LogP contribution is -2.47. The van der Waals surface area contributed by atoms with Crippen LogP contribution in [0.25, 0.3) is 0 Å². The smallest absolute Gasteiger partial charge is 0.306 e. The third-order valence-electron chi connectivity index (χ3n) is 16.0. The van der Waals surface area contributed by atoms with Crippen LogP contribution in [0.5, 0.6) is 0 Å². The largest absolute Gasteiger partial charge is 0.756 e. The maximum atomic E-state index is 13.6.